The number of aliphatic hydroxyl groups is 1. The first-order chi connectivity index (χ1) is 21.2. The van der Waals surface area contributed by atoms with Crippen LogP contribution in [0.2, 0.25) is 0 Å². The minimum Gasteiger partial charge on any atom is -0.478 e. The highest BCUT2D eigenvalue weighted by molar-refractivity contribution is 6.61. The highest BCUT2D eigenvalue weighted by Gasteiger charge is 2.69. The number of aliphatic carboxylic acids is 1. The first kappa shape index (κ1) is 33.9. The first-order valence-electron chi connectivity index (χ1n) is 16.7. The monoisotopic (exact) mass is 629 g/mol. The van der Waals surface area contributed by atoms with E-state index in [0.29, 0.717) is 31.4 Å². The number of carbonyl (C=O) groups is 3. The molecule has 0 aromatic heterocycles. The van der Waals surface area contributed by atoms with E-state index in [0.717, 1.165) is 25.7 Å². The molecule has 4 aliphatic rings. The van der Waals surface area contributed by atoms with E-state index in [1.807, 2.05) is 27.7 Å². The summed E-state index contributed by atoms with van der Waals surface area (Å²) < 4.78 is 27.1. The van der Waals surface area contributed by atoms with Gasteiger partial charge in [0.25, 0.3) is 0 Å². The maximum absolute atomic E-state index is 15.8. The summed E-state index contributed by atoms with van der Waals surface area (Å²) in [5.74, 6) is -4.13. The van der Waals surface area contributed by atoms with E-state index in [9.17, 15) is 29.6 Å². The van der Waals surface area contributed by atoms with Crippen molar-refractivity contribution >= 4 is 30.2 Å². The Kier molecular flexibility index (Phi) is 9.48. The maximum atomic E-state index is 15.8. The van der Waals surface area contributed by atoms with Crippen molar-refractivity contribution in [1.29, 1.82) is 0 Å². The number of hydrogen-bond donors (Lipinski definition) is 4. The van der Waals surface area contributed by atoms with Gasteiger partial charge in [-0.15, -0.1) is 0 Å². The molecule has 0 saturated heterocycles. The largest absolute Gasteiger partial charge is 0.494 e. The van der Waals surface area contributed by atoms with Crippen molar-refractivity contribution in [2.45, 2.75) is 111 Å². The summed E-state index contributed by atoms with van der Waals surface area (Å²) in [6, 6.07) is 2.92. The Labute approximate surface area is 265 Å². The van der Waals surface area contributed by atoms with Gasteiger partial charge in [-0.25, -0.2) is 9.18 Å². The zero-order chi connectivity index (χ0) is 32.9. The van der Waals surface area contributed by atoms with Crippen molar-refractivity contribution in [2.75, 3.05) is 6.54 Å². The molecule has 1 aromatic rings. The Bertz CT molecular complexity index is 1330. The second-order valence-electron chi connectivity index (χ2n) is 14.8. The molecule has 248 valence electrons. The second kappa shape index (κ2) is 12.6. The van der Waals surface area contributed by atoms with Crippen LogP contribution in [-0.2, 0) is 25.6 Å². The van der Waals surface area contributed by atoms with Crippen LogP contribution < -0.4 is 15.5 Å². The molecule has 0 spiro atoms. The lowest BCUT2D eigenvalue weighted by molar-refractivity contribution is -0.200. The minimum atomic E-state index is -1.56. The van der Waals surface area contributed by atoms with Crippen molar-refractivity contribution in [1.82, 2.24) is 5.32 Å². The Morgan fingerprint density at radius 1 is 1.24 bits per heavy atom. The van der Waals surface area contributed by atoms with Crippen molar-refractivity contribution in [3.63, 3.8) is 0 Å². The molecule has 11 heteroatoms. The van der Waals surface area contributed by atoms with Crippen LogP contribution in [-0.4, -0.2) is 58.8 Å². The molecule has 3 aliphatic carbocycles. The number of carboxylic acids is 1. The third-order valence-electron chi connectivity index (χ3n) is 12.6. The van der Waals surface area contributed by atoms with Crippen LogP contribution in [0.1, 0.15) is 98.0 Å². The van der Waals surface area contributed by atoms with Gasteiger partial charge in [0, 0.05) is 36.7 Å². The second-order valence-corrected chi connectivity index (χ2v) is 14.8. The maximum Gasteiger partial charge on any atom is 0.494 e. The van der Waals surface area contributed by atoms with Crippen molar-refractivity contribution in [3.8, 4) is 5.75 Å². The SMILES string of the molecule is CCCCNC(=O)CC[C@]1(C)C[C@@H](C(Oc2ccc3c(c2F)B(O)OC3)C(=O)O)[C@@]2(C)[C@H](C)CC[C@]3(CCC(=O)[C@H]32)[C@@H](C)[C@@H]1O. The molecule has 2 bridgehead atoms. The van der Waals surface area contributed by atoms with Gasteiger partial charge in [0.05, 0.1) is 12.7 Å². The number of fused-ring (bicyclic) bond motifs is 1. The Morgan fingerprint density at radius 3 is 2.67 bits per heavy atom. The fraction of sp³-hybridized carbons (Fsp3) is 0.735. The fourth-order valence-electron chi connectivity index (χ4n) is 9.71. The third kappa shape index (κ3) is 5.60. The smallest absolute Gasteiger partial charge is 0.478 e. The molecule has 3 fully saturated rings. The van der Waals surface area contributed by atoms with Gasteiger partial charge >= 0.3 is 13.1 Å². The molecule has 45 heavy (non-hydrogen) atoms. The minimum absolute atomic E-state index is 0.0284. The fourth-order valence-corrected chi connectivity index (χ4v) is 9.71. The van der Waals surface area contributed by atoms with Crippen LogP contribution in [0.15, 0.2) is 12.1 Å². The lowest BCUT2D eigenvalue weighted by Crippen LogP contribution is -2.64. The molecule has 1 amide bonds. The van der Waals surface area contributed by atoms with E-state index in [1.165, 1.54) is 6.07 Å². The van der Waals surface area contributed by atoms with Crippen LogP contribution in [0, 0.1) is 45.7 Å². The van der Waals surface area contributed by atoms with E-state index in [2.05, 4.69) is 12.2 Å². The number of rotatable bonds is 10. The van der Waals surface area contributed by atoms with Gasteiger partial charge in [0.2, 0.25) is 5.91 Å². The molecular formula is C34H49BFNO8. The molecular weight excluding hydrogens is 580 g/mol. The third-order valence-corrected chi connectivity index (χ3v) is 12.6. The molecule has 1 aliphatic heterocycles. The van der Waals surface area contributed by atoms with Crippen LogP contribution in [0.25, 0.3) is 0 Å². The zero-order valence-corrected chi connectivity index (χ0v) is 27.2. The van der Waals surface area contributed by atoms with E-state index in [4.69, 9.17) is 9.39 Å². The standard InChI is InChI=1S/C34H49BFNO8/c1-6-7-16-37-25(39)12-13-32(4)17-22(28(31(41)42)45-24-9-8-21-18-44-35(43)26(21)27(24)36)33(5)19(2)10-14-34(20(3)30(32)40)15-11-23(38)29(33)34/h8-9,19-20,22,28-30,40,43H,6-7,10-18H2,1-5H3,(H,37,39)(H,41,42)/t19-,20+,22+,28?,29+,30+,32-,33-,34+/m1/s1. The quantitative estimate of drug-likeness (QED) is 0.225. The molecule has 4 N–H and O–H groups in total. The molecule has 1 heterocycles. The van der Waals surface area contributed by atoms with E-state index < -0.39 is 59.2 Å². The molecule has 1 unspecified atom stereocenters. The lowest BCUT2D eigenvalue weighted by Gasteiger charge is -2.63. The number of halogens is 1. The summed E-state index contributed by atoms with van der Waals surface area (Å²) in [4.78, 5) is 40.0. The van der Waals surface area contributed by atoms with Crippen molar-refractivity contribution in [2.24, 2.45) is 39.9 Å². The molecule has 3 saturated carbocycles. The van der Waals surface area contributed by atoms with Gasteiger partial charge in [-0.1, -0.05) is 47.1 Å². The predicted molar refractivity (Wildman–Crippen MR) is 166 cm³/mol. The Hall–Kier alpha value is -2.50. The number of ketones is 1. The number of carbonyl (C=O) groups excluding carboxylic acids is 2. The summed E-state index contributed by atoms with van der Waals surface area (Å²) in [5, 5.41) is 36.2. The van der Waals surface area contributed by atoms with E-state index in [1.54, 1.807) is 6.07 Å². The van der Waals surface area contributed by atoms with Crippen LogP contribution in [0.4, 0.5) is 4.39 Å². The molecule has 5 rings (SSSR count). The summed E-state index contributed by atoms with van der Waals surface area (Å²) in [6.07, 6.45) is 2.46. The zero-order valence-electron chi connectivity index (χ0n) is 27.2. The summed E-state index contributed by atoms with van der Waals surface area (Å²) in [6.45, 7) is 10.6. The van der Waals surface area contributed by atoms with E-state index >= 15 is 4.39 Å². The lowest BCUT2D eigenvalue weighted by atomic mass is 9.41. The topological polar surface area (TPSA) is 142 Å². The van der Waals surface area contributed by atoms with Gasteiger partial charge in [-0.2, -0.15) is 0 Å². The summed E-state index contributed by atoms with van der Waals surface area (Å²) in [5.41, 5.74) is -1.87. The normalized spacial score (nSPS) is 36.5. The number of unbranched alkanes of at least 4 members (excludes halogenated alkanes) is 1. The molecule has 0 radical (unpaired) electrons. The molecule has 1 aromatic carbocycles. The Morgan fingerprint density at radius 2 is 1.98 bits per heavy atom. The van der Waals surface area contributed by atoms with Crippen molar-refractivity contribution in [3.05, 3.63) is 23.5 Å². The average molecular weight is 630 g/mol. The molecule has 9 atom stereocenters. The van der Waals surface area contributed by atoms with Gasteiger partial charge in [0.1, 0.15) is 5.78 Å². The van der Waals surface area contributed by atoms with Gasteiger partial charge < -0.3 is 29.9 Å². The number of carboxylic acid groups (broad SMARTS) is 1. The number of ether oxygens (including phenoxy) is 1. The highest BCUT2D eigenvalue weighted by Crippen LogP contribution is 2.69. The van der Waals surface area contributed by atoms with Crippen molar-refractivity contribution < 1.29 is 43.4 Å². The van der Waals surface area contributed by atoms with Gasteiger partial charge in [-0.3, -0.25) is 9.59 Å². The average Bonchev–Trinajstić information content (AvgIpc) is 3.56. The Balaban J connectivity index is 1.60. The number of nitrogens with one attached hydrogen (secondary N) is 1. The number of benzene rings is 1. The predicted octanol–water partition coefficient (Wildman–Crippen LogP) is 4.00. The number of aliphatic hydroxyl groups excluding tert-OH is 1. The highest BCUT2D eigenvalue weighted by atomic mass is 19.1. The number of hydrogen-bond acceptors (Lipinski definition) is 7. The summed E-state index contributed by atoms with van der Waals surface area (Å²) in [7, 11) is -1.48. The van der Waals surface area contributed by atoms with Gasteiger partial charge in [0.15, 0.2) is 17.7 Å². The van der Waals surface area contributed by atoms with Gasteiger partial charge in [-0.05, 0) is 78.2 Å². The summed E-state index contributed by atoms with van der Waals surface area (Å²) >= 11 is 0. The first-order valence-corrected chi connectivity index (χ1v) is 16.7. The van der Waals surface area contributed by atoms with Crippen LogP contribution in [0.3, 0.4) is 0 Å². The number of amides is 1. The van der Waals surface area contributed by atoms with Crippen LogP contribution >= 0.6 is 0 Å². The number of Topliss-reactive ketones (excluding diaryl/α,β-unsaturated/α-hetero) is 1. The van der Waals surface area contributed by atoms with E-state index in [-0.39, 0.29) is 54.2 Å². The molecule has 9 nitrogen and oxygen atoms in total. The van der Waals surface area contributed by atoms with Crippen LogP contribution in [0.5, 0.6) is 5.75 Å².